The van der Waals surface area contributed by atoms with Crippen LogP contribution in [-0.4, -0.2) is 37.6 Å². The molecule has 1 saturated heterocycles. The molecule has 2 fully saturated rings. The number of carbonyl (C=O) groups is 1. The molecule has 1 N–H and O–H groups in total. The summed E-state index contributed by atoms with van der Waals surface area (Å²) in [4.78, 5) is 14.9. The van der Waals surface area contributed by atoms with Gasteiger partial charge < -0.3 is 10.1 Å². The number of hydrogen-bond donors (Lipinski definition) is 1. The van der Waals surface area contributed by atoms with Gasteiger partial charge in [0.1, 0.15) is 5.75 Å². The van der Waals surface area contributed by atoms with Crippen LogP contribution in [0.15, 0.2) is 24.3 Å². The van der Waals surface area contributed by atoms with Crippen molar-refractivity contribution in [3.63, 3.8) is 0 Å². The second-order valence-electron chi connectivity index (χ2n) is 7.54. The number of nitrogens with zero attached hydrogens (tertiary/aromatic N) is 1. The van der Waals surface area contributed by atoms with E-state index in [0.717, 1.165) is 18.8 Å². The number of benzene rings is 1. The van der Waals surface area contributed by atoms with Gasteiger partial charge in [0.2, 0.25) is 5.91 Å². The van der Waals surface area contributed by atoms with E-state index in [1.54, 1.807) is 7.11 Å². The van der Waals surface area contributed by atoms with E-state index in [2.05, 4.69) is 22.3 Å². The average Bonchev–Trinajstić information content (AvgIpc) is 3.18. The lowest BCUT2D eigenvalue weighted by Crippen LogP contribution is -2.37. The maximum Gasteiger partial charge on any atom is 0.220 e. The Morgan fingerprint density at radius 3 is 2.44 bits per heavy atom. The Hall–Kier alpha value is -1.55. The van der Waals surface area contributed by atoms with Crippen LogP contribution >= 0.6 is 0 Å². The Bertz CT molecular complexity index is 531. The van der Waals surface area contributed by atoms with Crippen molar-refractivity contribution in [3.05, 3.63) is 29.8 Å². The molecule has 1 heterocycles. The predicted octanol–water partition coefficient (Wildman–Crippen LogP) is 3.92. The monoisotopic (exact) mass is 344 g/mol. The van der Waals surface area contributed by atoms with Crippen LogP contribution in [0.5, 0.6) is 5.75 Å². The first kappa shape index (κ1) is 18.2. The largest absolute Gasteiger partial charge is 0.497 e. The molecule has 0 radical (unpaired) electrons. The number of methoxy groups -OCH3 is 1. The van der Waals surface area contributed by atoms with Crippen LogP contribution in [0.3, 0.4) is 0 Å². The first-order valence-electron chi connectivity index (χ1n) is 9.91. The molecule has 2 aliphatic rings. The third-order valence-electron chi connectivity index (χ3n) is 5.77. The highest BCUT2D eigenvalue weighted by molar-refractivity contribution is 5.76. The maximum atomic E-state index is 12.4. The van der Waals surface area contributed by atoms with Crippen LogP contribution in [-0.2, 0) is 4.79 Å². The summed E-state index contributed by atoms with van der Waals surface area (Å²) in [7, 11) is 1.69. The van der Waals surface area contributed by atoms with Crippen molar-refractivity contribution in [1.82, 2.24) is 10.2 Å². The summed E-state index contributed by atoms with van der Waals surface area (Å²) < 4.78 is 5.27. The maximum absolute atomic E-state index is 12.4. The SMILES string of the molecule is COc1ccc(C(CNC(=O)CC2CCCCC2)N2CCCC2)cc1. The molecule has 1 aromatic rings. The van der Waals surface area contributed by atoms with Crippen molar-refractivity contribution in [2.75, 3.05) is 26.7 Å². The van der Waals surface area contributed by atoms with Crippen molar-refractivity contribution < 1.29 is 9.53 Å². The summed E-state index contributed by atoms with van der Waals surface area (Å²) in [5.74, 6) is 1.70. The fourth-order valence-electron chi connectivity index (χ4n) is 4.27. The van der Waals surface area contributed by atoms with Crippen LogP contribution in [0.2, 0.25) is 0 Å². The lowest BCUT2D eigenvalue weighted by atomic mass is 9.87. The Balaban J connectivity index is 1.58. The molecule has 1 atom stereocenters. The van der Waals surface area contributed by atoms with Crippen LogP contribution in [0.4, 0.5) is 0 Å². The Morgan fingerprint density at radius 2 is 1.80 bits per heavy atom. The van der Waals surface area contributed by atoms with Crippen LogP contribution < -0.4 is 10.1 Å². The van der Waals surface area contributed by atoms with Gasteiger partial charge in [-0.05, 0) is 62.4 Å². The molecule has 0 spiro atoms. The highest BCUT2D eigenvalue weighted by Gasteiger charge is 2.24. The summed E-state index contributed by atoms with van der Waals surface area (Å²) in [5, 5.41) is 3.22. The third-order valence-corrected chi connectivity index (χ3v) is 5.77. The molecular weight excluding hydrogens is 312 g/mol. The summed E-state index contributed by atoms with van der Waals surface area (Å²) in [6.07, 6.45) is 9.58. The molecule has 0 aromatic heterocycles. The van der Waals surface area contributed by atoms with E-state index in [9.17, 15) is 4.79 Å². The number of ether oxygens (including phenoxy) is 1. The molecule has 1 aliphatic heterocycles. The summed E-state index contributed by atoms with van der Waals surface area (Å²) in [6, 6.07) is 8.57. The van der Waals surface area contributed by atoms with Crippen molar-refractivity contribution in [1.29, 1.82) is 0 Å². The molecule has 1 unspecified atom stereocenters. The molecule has 25 heavy (non-hydrogen) atoms. The zero-order chi connectivity index (χ0) is 17.5. The number of rotatable bonds is 7. The van der Waals surface area contributed by atoms with E-state index in [0.29, 0.717) is 18.9 Å². The molecule has 138 valence electrons. The van der Waals surface area contributed by atoms with Gasteiger partial charge in [0, 0.05) is 13.0 Å². The van der Waals surface area contributed by atoms with Gasteiger partial charge in [-0.1, -0.05) is 31.4 Å². The van der Waals surface area contributed by atoms with E-state index in [-0.39, 0.29) is 11.9 Å². The molecule has 0 bridgehead atoms. The van der Waals surface area contributed by atoms with Gasteiger partial charge in [-0.2, -0.15) is 0 Å². The predicted molar refractivity (Wildman–Crippen MR) is 101 cm³/mol. The quantitative estimate of drug-likeness (QED) is 0.815. The van der Waals surface area contributed by atoms with Gasteiger partial charge in [-0.3, -0.25) is 9.69 Å². The van der Waals surface area contributed by atoms with Crippen molar-refractivity contribution >= 4 is 5.91 Å². The lowest BCUT2D eigenvalue weighted by molar-refractivity contribution is -0.122. The second kappa shape index (κ2) is 9.23. The summed E-state index contributed by atoms with van der Waals surface area (Å²) >= 11 is 0. The highest BCUT2D eigenvalue weighted by Crippen LogP contribution is 2.28. The van der Waals surface area contributed by atoms with Crippen molar-refractivity contribution in [2.24, 2.45) is 5.92 Å². The Morgan fingerprint density at radius 1 is 1.12 bits per heavy atom. The first-order chi connectivity index (χ1) is 12.3. The standard InChI is InChI=1S/C21H32N2O2/c1-25-19-11-9-18(10-12-19)20(23-13-5-6-14-23)16-22-21(24)15-17-7-3-2-4-8-17/h9-12,17,20H,2-8,13-16H2,1H3,(H,22,24). The van der Waals surface area contributed by atoms with Crippen LogP contribution in [0.1, 0.15) is 63.0 Å². The minimum absolute atomic E-state index is 0.226. The fraction of sp³-hybridized carbons (Fsp3) is 0.667. The van der Waals surface area contributed by atoms with Gasteiger partial charge in [0.25, 0.3) is 0 Å². The second-order valence-corrected chi connectivity index (χ2v) is 7.54. The number of carbonyl (C=O) groups excluding carboxylic acids is 1. The average molecular weight is 344 g/mol. The molecular formula is C21H32N2O2. The van der Waals surface area contributed by atoms with Gasteiger partial charge in [-0.25, -0.2) is 0 Å². The minimum atomic E-state index is 0.226. The topological polar surface area (TPSA) is 41.6 Å². The van der Waals surface area contributed by atoms with Crippen LogP contribution in [0.25, 0.3) is 0 Å². The molecule has 4 nitrogen and oxygen atoms in total. The number of nitrogens with one attached hydrogen (secondary N) is 1. The third kappa shape index (κ3) is 5.21. The molecule has 4 heteroatoms. The fourth-order valence-corrected chi connectivity index (χ4v) is 4.27. The van der Waals surface area contributed by atoms with Crippen molar-refractivity contribution in [2.45, 2.75) is 57.4 Å². The van der Waals surface area contributed by atoms with Gasteiger partial charge in [0.05, 0.1) is 13.2 Å². The lowest BCUT2D eigenvalue weighted by Gasteiger charge is -2.29. The molecule has 3 rings (SSSR count). The van der Waals surface area contributed by atoms with Crippen LogP contribution in [0, 0.1) is 5.92 Å². The van der Waals surface area contributed by atoms with E-state index in [4.69, 9.17) is 4.74 Å². The smallest absolute Gasteiger partial charge is 0.220 e. The summed E-state index contributed by atoms with van der Waals surface area (Å²) in [5.41, 5.74) is 1.26. The van der Waals surface area contributed by atoms with E-state index < -0.39 is 0 Å². The van der Waals surface area contributed by atoms with Gasteiger partial charge in [-0.15, -0.1) is 0 Å². The zero-order valence-electron chi connectivity index (χ0n) is 15.5. The minimum Gasteiger partial charge on any atom is -0.497 e. The number of amides is 1. The van der Waals surface area contributed by atoms with Gasteiger partial charge >= 0.3 is 0 Å². The van der Waals surface area contributed by atoms with Crippen molar-refractivity contribution in [3.8, 4) is 5.75 Å². The summed E-state index contributed by atoms with van der Waals surface area (Å²) in [6.45, 7) is 2.95. The molecule has 1 aromatic carbocycles. The zero-order valence-corrected chi connectivity index (χ0v) is 15.5. The molecule has 1 aliphatic carbocycles. The normalized spacial score (nSPS) is 20.4. The molecule has 1 saturated carbocycles. The number of hydrogen-bond acceptors (Lipinski definition) is 3. The Kier molecular flexibility index (Phi) is 6.74. The first-order valence-corrected chi connectivity index (χ1v) is 9.91. The van der Waals surface area contributed by atoms with E-state index >= 15 is 0 Å². The highest BCUT2D eigenvalue weighted by atomic mass is 16.5. The van der Waals surface area contributed by atoms with E-state index in [1.165, 1.54) is 50.5 Å². The van der Waals surface area contributed by atoms with E-state index in [1.807, 2.05) is 12.1 Å². The van der Waals surface area contributed by atoms with Gasteiger partial charge in [0.15, 0.2) is 0 Å². The molecule has 1 amide bonds. The number of likely N-dealkylation sites (tertiary alicyclic amines) is 1. The Labute approximate surface area is 151 Å².